The maximum atomic E-state index is 13.2. The Labute approximate surface area is 117 Å². The van der Waals surface area contributed by atoms with Gasteiger partial charge in [0.2, 0.25) is 0 Å². The standard InChI is InChI=1S/C15H15ClFNO/c1-2-19-14-6-4-3-5-11(14)15(18)10-7-8-13(17)12(16)9-10/h3-9,15H,2,18H2,1H3. The Kier molecular flexibility index (Phi) is 4.40. The minimum absolute atomic E-state index is 0.0711. The molecule has 2 nitrogen and oxygen atoms in total. The van der Waals surface area contributed by atoms with Crippen molar-refractivity contribution in [3.05, 3.63) is 64.4 Å². The van der Waals surface area contributed by atoms with Gasteiger partial charge in [-0.05, 0) is 30.7 Å². The monoisotopic (exact) mass is 279 g/mol. The molecule has 0 aliphatic heterocycles. The van der Waals surface area contributed by atoms with Crippen LogP contribution in [0.15, 0.2) is 42.5 Å². The van der Waals surface area contributed by atoms with E-state index in [1.165, 1.54) is 6.07 Å². The molecule has 100 valence electrons. The fourth-order valence-corrected chi connectivity index (χ4v) is 2.10. The number of ether oxygens (including phenoxy) is 1. The lowest BCUT2D eigenvalue weighted by atomic mass is 9.99. The molecule has 4 heteroatoms. The second-order valence-corrected chi connectivity index (χ2v) is 4.53. The number of hydrogen-bond acceptors (Lipinski definition) is 2. The molecule has 2 rings (SSSR count). The first kappa shape index (κ1) is 13.8. The lowest BCUT2D eigenvalue weighted by Gasteiger charge is -2.17. The van der Waals surface area contributed by atoms with E-state index in [9.17, 15) is 4.39 Å². The van der Waals surface area contributed by atoms with Crippen molar-refractivity contribution in [2.45, 2.75) is 13.0 Å². The largest absolute Gasteiger partial charge is 0.494 e. The van der Waals surface area contributed by atoms with Crippen molar-refractivity contribution in [3.8, 4) is 5.75 Å². The number of benzene rings is 2. The fourth-order valence-electron chi connectivity index (χ4n) is 1.91. The summed E-state index contributed by atoms with van der Waals surface area (Å²) < 4.78 is 18.7. The van der Waals surface area contributed by atoms with Crippen LogP contribution in [0.5, 0.6) is 5.75 Å². The van der Waals surface area contributed by atoms with Crippen LogP contribution < -0.4 is 10.5 Å². The average molecular weight is 280 g/mol. The van der Waals surface area contributed by atoms with Gasteiger partial charge in [-0.1, -0.05) is 35.9 Å². The Bertz CT molecular complexity index is 574. The van der Waals surface area contributed by atoms with Gasteiger partial charge in [-0.15, -0.1) is 0 Å². The summed E-state index contributed by atoms with van der Waals surface area (Å²) in [6.45, 7) is 2.48. The molecule has 0 spiro atoms. The number of para-hydroxylation sites is 1. The summed E-state index contributed by atoms with van der Waals surface area (Å²) in [5.74, 6) is 0.286. The highest BCUT2D eigenvalue weighted by molar-refractivity contribution is 6.30. The van der Waals surface area contributed by atoms with Crippen LogP contribution in [0, 0.1) is 5.82 Å². The van der Waals surface area contributed by atoms with Gasteiger partial charge >= 0.3 is 0 Å². The maximum absolute atomic E-state index is 13.2. The number of nitrogens with two attached hydrogens (primary N) is 1. The smallest absolute Gasteiger partial charge is 0.141 e. The predicted octanol–water partition coefficient (Wildman–Crippen LogP) is 3.93. The summed E-state index contributed by atoms with van der Waals surface area (Å²) >= 11 is 5.78. The van der Waals surface area contributed by atoms with Gasteiger partial charge in [0, 0.05) is 5.56 Å². The zero-order valence-corrected chi connectivity index (χ0v) is 11.3. The SMILES string of the molecule is CCOc1ccccc1C(N)c1ccc(F)c(Cl)c1. The molecule has 0 saturated carbocycles. The Morgan fingerprint density at radius 1 is 1.26 bits per heavy atom. The molecular formula is C15H15ClFNO. The Morgan fingerprint density at radius 2 is 2.00 bits per heavy atom. The van der Waals surface area contributed by atoms with E-state index in [2.05, 4.69) is 0 Å². The van der Waals surface area contributed by atoms with Gasteiger partial charge in [0.1, 0.15) is 11.6 Å². The molecular weight excluding hydrogens is 265 g/mol. The van der Waals surface area contributed by atoms with Gasteiger partial charge in [-0.2, -0.15) is 0 Å². The van der Waals surface area contributed by atoms with E-state index in [-0.39, 0.29) is 5.02 Å². The molecule has 0 fully saturated rings. The van der Waals surface area contributed by atoms with Crippen molar-refractivity contribution >= 4 is 11.6 Å². The highest BCUT2D eigenvalue weighted by atomic mass is 35.5. The first-order valence-corrected chi connectivity index (χ1v) is 6.43. The van der Waals surface area contributed by atoms with E-state index in [4.69, 9.17) is 22.1 Å². The predicted molar refractivity (Wildman–Crippen MR) is 75.1 cm³/mol. The lowest BCUT2D eigenvalue weighted by molar-refractivity contribution is 0.335. The topological polar surface area (TPSA) is 35.2 Å². The Morgan fingerprint density at radius 3 is 2.68 bits per heavy atom. The van der Waals surface area contributed by atoms with Crippen LogP contribution in [0.4, 0.5) is 4.39 Å². The van der Waals surface area contributed by atoms with Crippen LogP contribution in [-0.2, 0) is 0 Å². The van der Waals surface area contributed by atoms with Crippen molar-refractivity contribution in [1.82, 2.24) is 0 Å². The van der Waals surface area contributed by atoms with Crippen molar-refractivity contribution in [2.75, 3.05) is 6.61 Å². The van der Waals surface area contributed by atoms with Crippen LogP contribution >= 0.6 is 11.6 Å². The molecule has 0 aliphatic carbocycles. The Hall–Kier alpha value is -1.58. The second kappa shape index (κ2) is 6.04. The summed E-state index contributed by atoms with van der Waals surface area (Å²) in [7, 11) is 0. The summed E-state index contributed by atoms with van der Waals surface area (Å²) in [5.41, 5.74) is 7.81. The molecule has 2 aromatic carbocycles. The third-order valence-corrected chi connectivity index (χ3v) is 3.15. The fraction of sp³-hybridized carbons (Fsp3) is 0.200. The molecule has 0 amide bonds. The quantitative estimate of drug-likeness (QED) is 0.920. The second-order valence-electron chi connectivity index (χ2n) is 4.12. The molecule has 0 aliphatic rings. The maximum Gasteiger partial charge on any atom is 0.141 e. The normalized spacial score (nSPS) is 12.2. The van der Waals surface area contributed by atoms with E-state index in [0.29, 0.717) is 6.61 Å². The molecule has 0 heterocycles. The number of rotatable bonds is 4. The van der Waals surface area contributed by atoms with E-state index >= 15 is 0 Å². The van der Waals surface area contributed by atoms with Crippen LogP contribution in [0.25, 0.3) is 0 Å². The van der Waals surface area contributed by atoms with Gasteiger partial charge in [0.25, 0.3) is 0 Å². The molecule has 1 atom stereocenters. The van der Waals surface area contributed by atoms with Crippen LogP contribution in [0.2, 0.25) is 5.02 Å². The minimum atomic E-state index is -0.448. The molecule has 0 radical (unpaired) electrons. The molecule has 0 aromatic heterocycles. The lowest BCUT2D eigenvalue weighted by Crippen LogP contribution is -2.13. The van der Waals surface area contributed by atoms with Crippen LogP contribution in [-0.4, -0.2) is 6.61 Å². The van der Waals surface area contributed by atoms with E-state index in [1.54, 1.807) is 12.1 Å². The van der Waals surface area contributed by atoms with Crippen molar-refractivity contribution < 1.29 is 9.13 Å². The first-order valence-electron chi connectivity index (χ1n) is 6.05. The van der Waals surface area contributed by atoms with Crippen molar-refractivity contribution in [1.29, 1.82) is 0 Å². The Balaban J connectivity index is 2.37. The van der Waals surface area contributed by atoms with Crippen molar-refractivity contribution in [3.63, 3.8) is 0 Å². The summed E-state index contributed by atoms with van der Waals surface area (Å²) in [6, 6.07) is 11.6. The highest BCUT2D eigenvalue weighted by Gasteiger charge is 2.15. The molecule has 19 heavy (non-hydrogen) atoms. The zero-order chi connectivity index (χ0) is 13.8. The van der Waals surface area contributed by atoms with E-state index in [1.807, 2.05) is 31.2 Å². The van der Waals surface area contributed by atoms with Crippen LogP contribution in [0.1, 0.15) is 24.1 Å². The summed E-state index contributed by atoms with van der Waals surface area (Å²) in [5, 5.41) is 0.0711. The van der Waals surface area contributed by atoms with Gasteiger partial charge in [-0.25, -0.2) is 4.39 Å². The molecule has 0 bridgehead atoms. The molecule has 1 unspecified atom stereocenters. The first-order chi connectivity index (χ1) is 9.13. The third kappa shape index (κ3) is 3.06. The number of hydrogen-bond donors (Lipinski definition) is 1. The zero-order valence-electron chi connectivity index (χ0n) is 10.6. The average Bonchev–Trinajstić information content (AvgIpc) is 2.42. The van der Waals surface area contributed by atoms with E-state index in [0.717, 1.165) is 16.9 Å². The van der Waals surface area contributed by atoms with Crippen LogP contribution in [0.3, 0.4) is 0 Å². The minimum Gasteiger partial charge on any atom is -0.494 e. The number of halogens is 2. The highest BCUT2D eigenvalue weighted by Crippen LogP contribution is 2.30. The molecule has 2 aromatic rings. The van der Waals surface area contributed by atoms with Gasteiger partial charge in [0.15, 0.2) is 0 Å². The summed E-state index contributed by atoms with van der Waals surface area (Å²) in [6.07, 6.45) is 0. The van der Waals surface area contributed by atoms with Gasteiger partial charge in [-0.3, -0.25) is 0 Å². The summed E-state index contributed by atoms with van der Waals surface area (Å²) in [4.78, 5) is 0. The van der Waals surface area contributed by atoms with Crippen molar-refractivity contribution in [2.24, 2.45) is 5.73 Å². The molecule has 2 N–H and O–H groups in total. The third-order valence-electron chi connectivity index (χ3n) is 2.86. The van der Waals surface area contributed by atoms with Gasteiger partial charge < -0.3 is 10.5 Å². The van der Waals surface area contributed by atoms with E-state index < -0.39 is 11.9 Å². The molecule has 0 saturated heterocycles. The van der Waals surface area contributed by atoms with Gasteiger partial charge in [0.05, 0.1) is 17.7 Å².